The molecule has 0 amide bonds. The van der Waals surface area contributed by atoms with Gasteiger partial charge in [-0.05, 0) is 23.6 Å². The van der Waals surface area contributed by atoms with Gasteiger partial charge in [-0.3, -0.25) is 0 Å². The first-order valence-corrected chi connectivity index (χ1v) is 7.78. The number of benzene rings is 2. The van der Waals surface area contributed by atoms with E-state index in [4.69, 9.17) is 9.26 Å². The zero-order valence-electron chi connectivity index (χ0n) is 13.6. The van der Waals surface area contributed by atoms with Crippen molar-refractivity contribution in [2.24, 2.45) is 0 Å². The fourth-order valence-corrected chi connectivity index (χ4v) is 2.23. The second-order valence-electron chi connectivity index (χ2n) is 5.73. The molecular weight excluding hydrogens is 304 g/mol. The van der Waals surface area contributed by atoms with Crippen LogP contribution in [0.4, 0.5) is 0 Å². The molecule has 1 heterocycles. The molecule has 0 unspecified atom stereocenters. The highest BCUT2D eigenvalue weighted by Crippen LogP contribution is 2.17. The molecular formula is C19H18N2O3. The third kappa shape index (κ3) is 3.68. The van der Waals surface area contributed by atoms with Crippen LogP contribution in [0.2, 0.25) is 0 Å². The second-order valence-corrected chi connectivity index (χ2v) is 5.73. The first-order valence-electron chi connectivity index (χ1n) is 7.78. The molecule has 0 fully saturated rings. The van der Waals surface area contributed by atoms with Crippen LogP contribution in [0.5, 0.6) is 0 Å². The van der Waals surface area contributed by atoms with Crippen LogP contribution in [0.1, 0.15) is 41.6 Å². The summed E-state index contributed by atoms with van der Waals surface area (Å²) >= 11 is 0. The summed E-state index contributed by atoms with van der Waals surface area (Å²) in [7, 11) is 0. The van der Waals surface area contributed by atoms with E-state index in [-0.39, 0.29) is 12.5 Å². The number of carbonyl (C=O) groups is 1. The lowest BCUT2D eigenvalue weighted by Gasteiger charge is -2.06. The molecule has 0 saturated heterocycles. The van der Waals surface area contributed by atoms with Gasteiger partial charge >= 0.3 is 5.97 Å². The lowest BCUT2D eigenvalue weighted by atomic mass is 10.0. The zero-order valence-corrected chi connectivity index (χ0v) is 13.6. The Kier molecular flexibility index (Phi) is 4.70. The Balaban J connectivity index is 1.61. The van der Waals surface area contributed by atoms with Crippen LogP contribution in [-0.2, 0) is 11.3 Å². The van der Waals surface area contributed by atoms with Gasteiger partial charge in [0.15, 0.2) is 6.61 Å². The van der Waals surface area contributed by atoms with Crippen molar-refractivity contribution in [3.05, 3.63) is 71.6 Å². The minimum atomic E-state index is -0.412. The van der Waals surface area contributed by atoms with Gasteiger partial charge in [-0.25, -0.2) is 4.79 Å². The summed E-state index contributed by atoms with van der Waals surface area (Å²) in [6, 6.07) is 16.9. The molecule has 0 aliphatic heterocycles. The van der Waals surface area contributed by atoms with Crippen molar-refractivity contribution in [2.45, 2.75) is 26.4 Å². The number of aromatic nitrogens is 2. The fourth-order valence-electron chi connectivity index (χ4n) is 2.23. The molecule has 0 aliphatic carbocycles. The van der Waals surface area contributed by atoms with Crippen LogP contribution in [0.15, 0.2) is 59.1 Å². The molecule has 0 N–H and O–H groups in total. The highest BCUT2D eigenvalue weighted by atomic mass is 16.6. The fraction of sp³-hybridized carbons (Fsp3) is 0.211. The highest BCUT2D eigenvalue weighted by Gasteiger charge is 2.12. The molecule has 2 aromatic carbocycles. The van der Waals surface area contributed by atoms with Crippen molar-refractivity contribution < 1.29 is 14.1 Å². The van der Waals surface area contributed by atoms with Crippen molar-refractivity contribution in [2.75, 3.05) is 0 Å². The lowest BCUT2D eigenvalue weighted by molar-refractivity contribution is 0.0430. The standard InChI is InChI=1S/C19H18N2O3/c1-13(2)14-8-10-16(11-9-14)19(22)23-12-17-20-18(21-24-17)15-6-4-3-5-7-15/h3-11,13H,12H2,1-2H3. The molecule has 0 saturated carbocycles. The maximum absolute atomic E-state index is 12.1. The zero-order chi connectivity index (χ0) is 16.9. The third-order valence-corrected chi connectivity index (χ3v) is 3.64. The van der Waals surface area contributed by atoms with Gasteiger partial charge in [0, 0.05) is 5.56 Å². The SMILES string of the molecule is CC(C)c1ccc(C(=O)OCc2nc(-c3ccccc3)no2)cc1. The lowest BCUT2D eigenvalue weighted by Crippen LogP contribution is -2.05. The van der Waals surface area contributed by atoms with E-state index >= 15 is 0 Å². The molecule has 1 aromatic heterocycles. The first-order chi connectivity index (χ1) is 11.6. The normalized spacial score (nSPS) is 10.8. The van der Waals surface area contributed by atoms with Crippen molar-refractivity contribution in [1.29, 1.82) is 0 Å². The molecule has 0 aliphatic rings. The molecule has 5 nitrogen and oxygen atoms in total. The van der Waals surface area contributed by atoms with E-state index in [0.29, 0.717) is 17.3 Å². The van der Waals surface area contributed by atoms with E-state index in [1.807, 2.05) is 42.5 Å². The van der Waals surface area contributed by atoms with Crippen molar-refractivity contribution in [3.63, 3.8) is 0 Å². The third-order valence-electron chi connectivity index (χ3n) is 3.64. The van der Waals surface area contributed by atoms with E-state index in [2.05, 4.69) is 24.0 Å². The predicted molar refractivity (Wildman–Crippen MR) is 89.4 cm³/mol. The van der Waals surface area contributed by atoms with E-state index in [0.717, 1.165) is 5.56 Å². The average Bonchev–Trinajstić information content (AvgIpc) is 3.09. The quantitative estimate of drug-likeness (QED) is 0.658. The predicted octanol–water partition coefficient (Wildman–Crippen LogP) is 4.22. The van der Waals surface area contributed by atoms with E-state index in [1.165, 1.54) is 5.56 Å². The molecule has 122 valence electrons. The molecule has 0 bridgehead atoms. The number of ether oxygens (including phenoxy) is 1. The summed E-state index contributed by atoms with van der Waals surface area (Å²) in [6.07, 6.45) is 0. The topological polar surface area (TPSA) is 65.2 Å². The first kappa shape index (κ1) is 15.9. The smallest absolute Gasteiger partial charge is 0.338 e. The Morgan fingerprint density at radius 2 is 1.79 bits per heavy atom. The summed E-state index contributed by atoms with van der Waals surface area (Å²) in [5.41, 5.74) is 2.53. The van der Waals surface area contributed by atoms with Gasteiger partial charge < -0.3 is 9.26 Å². The molecule has 0 radical (unpaired) electrons. The van der Waals surface area contributed by atoms with Gasteiger partial charge in [-0.2, -0.15) is 4.98 Å². The minimum Gasteiger partial charge on any atom is -0.452 e. The number of esters is 1. The van der Waals surface area contributed by atoms with Crippen molar-refractivity contribution in [1.82, 2.24) is 10.1 Å². The summed E-state index contributed by atoms with van der Waals surface area (Å²) in [5.74, 6) is 0.749. The number of nitrogens with zero attached hydrogens (tertiary/aromatic N) is 2. The Morgan fingerprint density at radius 1 is 1.08 bits per heavy atom. The van der Waals surface area contributed by atoms with E-state index < -0.39 is 5.97 Å². The average molecular weight is 322 g/mol. The van der Waals surface area contributed by atoms with E-state index in [1.54, 1.807) is 12.1 Å². The highest BCUT2D eigenvalue weighted by molar-refractivity contribution is 5.89. The van der Waals surface area contributed by atoms with Crippen LogP contribution in [0.25, 0.3) is 11.4 Å². The number of hydrogen-bond donors (Lipinski definition) is 0. The van der Waals surface area contributed by atoms with Gasteiger partial charge in [-0.15, -0.1) is 0 Å². The molecule has 24 heavy (non-hydrogen) atoms. The van der Waals surface area contributed by atoms with Gasteiger partial charge in [0.1, 0.15) is 0 Å². The van der Waals surface area contributed by atoms with Crippen LogP contribution in [0, 0.1) is 0 Å². The Bertz CT molecular complexity index is 808. The number of carbonyl (C=O) groups excluding carboxylic acids is 1. The monoisotopic (exact) mass is 322 g/mol. The molecule has 0 atom stereocenters. The maximum Gasteiger partial charge on any atom is 0.338 e. The van der Waals surface area contributed by atoms with E-state index in [9.17, 15) is 4.79 Å². The Morgan fingerprint density at radius 3 is 2.46 bits per heavy atom. The number of rotatable bonds is 5. The Labute approximate surface area is 140 Å². The molecule has 3 aromatic rings. The van der Waals surface area contributed by atoms with Crippen molar-refractivity contribution >= 4 is 5.97 Å². The van der Waals surface area contributed by atoms with Crippen LogP contribution in [-0.4, -0.2) is 16.1 Å². The maximum atomic E-state index is 12.1. The van der Waals surface area contributed by atoms with Crippen LogP contribution < -0.4 is 0 Å². The summed E-state index contributed by atoms with van der Waals surface area (Å²) in [6.45, 7) is 4.16. The largest absolute Gasteiger partial charge is 0.452 e. The molecule has 5 heteroatoms. The van der Waals surface area contributed by atoms with Crippen molar-refractivity contribution in [3.8, 4) is 11.4 Å². The summed E-state index contributed by atoms with van der Waals surface area (Å²) in [5, 5.41) is 3.89. The van der Waals surface area contributed by atoms with Crippen LogP contribution >= 0.6 is 0 Å². The Hall–Kier alpha value is -2.95. The van der Waals surface area contributed by atoms with Gasteiger partial charge in [0.2, 0.25) is 5.82 Å². The number of hydrogen-bond acceptors (Lipinski definition) is 5. The summed E-state index contributed by atoms with van der Waals surface area (Å²) < 4.78 is 10.3. The second kappa shape index (κ2) is 7.08. The van der Waals surface area contributed by atoms with Gasteiger partial charge in [0.05, 0.1) is 5.56 Å². The van der Waals surface area contributed by atoms with Gasteiger partial charge in [-0.1, -0.05) is 61.5 Å². The minimum absolute atomic E-state index is 0.0510. The van der Waals surface area contributed by atoms with Gasteiger partial charge in [0.25, 0.3) is 5.89 Å². The van der Waals surface area contributed by atoms with Crippen LogP contribution in [0.3, 0.4) is 0 Å². The summed E-state index contributed by atoms with van der Waals surface area (Å²) in [4.78, 5) is 16.3. The molecule has 0 spiro atoms. The molecule has 3 rings (SSSR count).